The molecule has 0 aliphatic carbocycles. The Labute approximate surface area is 207 Å². The zero-order valence-electron chi connectivity index (χ0n) is 19.7. The van der Waals surface area contributed by atoms with Crippen molar-refractivity contribution in [2.24, 2.45) is 5.92 Å². The lowest BCUT2D eigenvalue weighted by atomic mass is 9.85. The van der Waals surface area contributed by atoms with E-state index in [0.29, 0.717) is 5.92 Å². The molecule has 0 amide bonds. The average Bonchev–Trinajstić information content (AvgIpc) is 3.32. The minimum Gasteiger partial charge on any atom is -0.235 e. The Kier molecular flexibility index (Phi) is 5.84. The molecule has 0 aliphatic heterocycles. The van der Waals surface area contributed by atoms with Crippen LogP contribution in [0, 0.1) is 5.92 Å². The van der Waals surface area contributed by atoms with Gasteiger partial charge in [0.1, 0.15) is 6.33 Å². The molecular formula is C28H28N2S3. The fraction of sp³-hybridized carbons (Fsp3) is 0.286. The summed E-state index contributed by atoms with van der Waals surface area (Å²) in [7, 11) is 0. The molecule has 2 nitrogen and oxygen atoms in total. The molecule has 0 saturated heterocycles. The van der Waals surface area contributed by atoms with Crippen molar-refractivity contribution < 1.29 is 0 Å². The topological polar surface area (TPSA) is 25.8 Å². The van der Waals surface area contributed by atoms with Gasteiger partial charge < -0.3 is 0 Å². The molecule has 168 valence electrons. The Morgan fingerprint density at radius 1 is 1.06 bits per heavy atom. The van der Waals surface area contributed by atoms with Crippen LogP contribution in [0.15, 0.2) is 58.9 Å². The van der Waals surface area contributed by atoms with Gasteiger partial charge in [-0.3, -0.25) is 0 Å². The molecule has 2 aromatic carbocycles. The normalized spacial score (nSPS) is 12.4. The summed E-state index contributed by atoms with van der Waals surface area (Å²) in [5, 5.41) is 6.85. The van der Waals surface area contributed by atoms with Crippen molar-refractivity contribution in [3.8, 4) is 11.3 Å². The maximum atomic E-state index is 4.76. The third-order valence-corrected chi connectivity index (χ3v) is 8.85. The SMILES string of the molecule is C=CSc1ccc(-c2ncnc3c2sc2cc4scc(CC(C)C)c4cc23)cc1C(C)(C)C. The predicted octanol–water partition coefficient (Wildman–Crippen LogP) is 9.46. The van der Waals surface area contributed by atoms with Crippen LogP contribution in [0.5, 0.6) is 0 Å². The Morgan fingerprint density at radius 3 is 2.61 bits per heavy atom. The summed E-state index contributed by atoms with van der Waals surface area (Å²) in [6, 6.07) is 11.4. The summed E-state index contributed by atoms with van der Waals surface area (Å²) < 4.78 is 3.81. The maximum Gasteiger partial charge on any atom is 0.116 e. The van der Waals surface area contributed by atoms with Crippen LogP contribution in [-0.2, 0) is 11.8 Å². The first-order valence-corrected chi connectivity index (χ1v) is 13.8. The van der Waals surface area contributed by atoms with Crippen LogP contribution >= 0.6 is 34.4 Å². The van der Waals surface area contributed by atoms with Gasteiger partial charge in [-0.05, 0) is 69.3 Å². The van der Waals surface area contributed by atoms with E-state index in [1.54, 1.807) is 18.1 Å². The summed E-state index contributed by atoms with van der Waals surface area (Å²) in [5.41, 5.74) is 6.03. The van der Waals surface area contributed by atoms with Gasteiger partial charge in [0.15, 0.2) is 0 Å². The largest absolute Gasteiger partial charge is 0.235 e. The van der Waals surface area contributed by atoms with Crippen molar-refractivity contribution in [2.45, 2.75) is 51.3 Å². The fourth-order valence-electron chi connectivity index (χ4n) is 4.41. The standard InChI is InChI=1S/C28H28N2S3/c1-7-31-22-9-8-17(11-21(22)28(4,5)6)25-27-26(30-15-29-25)20-12-19-18(10-16(2)3)14-32-23(19)13-24(20)33-27/h7-9,11-16H,1,10H2,2-6H3. The molecule has 0 radical (unpaired) electrons. The summed E-state index contributed by atoms with van der Waals surface area (Å²) in [4.78, 5) is 10.8. The summed E-state index contributed by atoms with van der Waals surface area (Å²) in [6.07, 6.45) is 2.83. The van der Waals surface area contributed by atoms with Crippen LogP contribution in [0.2, 0.25) is 0 Å². The third-order valence-electron chi connectivity index (χ3n) is 5.93. The molecule has 3 heterocycles. The monoisotopic (exact) mass is 488 g/mol. The smallest absolute Gasteiger partial charge is 0.116 e. The van der Waals surface area contributed by atoms with Gasteiger partial charge >= 0.3 is 0 Å². The molecule has 33 heavy (non-hydrogen) atoms. The second-order valence-corrected chi connectivity index (χ2v) is 12.9. The highest BCUT2D eigenvalue weighted by atomic mass is 32.2. The van der Waals surface area contributed by atoms with Gasteiger partial charge in [-0.1, -0.05) is 59.0 Å². The minimum atomic E-state index is 0.0326. The zero-order chi connectivity index (χ0) is 23.3. The molecule has 5 rings (SSSR count). The van der Waals surface area contributed by atoms with Gasteiger partial charge in [-0.15, -0.1) is 22.7 Å². The lowest BCUT2D eigenvalue weighted by Gasteiger charge is -2.23. The van der Waals surface area contributed by atoms with E-state index in [9.17, 15) is 0 Å². The highest BCUT2D eigenvalue weighted by molar-refractivity contribution is 8.02. The van der Waals surface area contributed by atoms with Crippen LogP contribution < -0.4 is 0 Å². The number of hydrogen-bond acceptors (Lipinski definition) is 5. The van der Waals surface area contributed by atoms with E-state index in [2.05, 4.69) is 76.9 Å². The molecule has 0 fully saturated rings. The first kappa shape index (κ1) is 22.6. The molecule has 5 heteroatoms. The van der Waals surface area contributed by atoms with E-state index in [4.69, 9.17) is 9.97 Å². The van der Waals surface area contributed by atoms with Crippen LogP contribution in [0.3, 0.4) is 0 Å². The van der Waals surface area contributed by atoms with Gasteiger partial charge in [-0.25, -0.2) is 9.97 Å². The van der Waals surface area contributed by atoms with Gasteiger partial charge in [0, 0.05) is 25.2 Å². The van der Waals surface area contributed by atoms with Crippen LogP contribution in [0.25, 0.3) is 41.6 Å². The molecule has 3 aromatic heterocycles. The van der Waals surface area contributed by atoms with E-state index < -0.39 is 0 Å². The number of nitrogens with zero attached hydrogens (tertiary/aromatic N) is 2. The first-order chi connectivity index (χ1) is 15.8. The van der Waals surface area contributed by atoms with Crippen LogP contribution in [-0.4, -0.2) is 9.97 Å². The number of benzene rings is 2. The lowest BCUT2D eigenvalue weighted by molar-refractivity contribution is 0.578. The van der Waals surface area contributed by atoms with Crippen molar-refractivity contribution in [1.82, 2.24) is 9.97 Å². The number of thioether (sulfide) groups is 1. The maximum absolute atomic E-state index is 4.76. The van der Waals surface area contributed by atoms with E-state index >= 15 is 0 Å². The summed E-state index contributed by atoms with van der Waals surface area (Å²) in [6.45, 7) is 15.3. The highest BCUT2D eigenvalue weighted by Gasteiger charge is 2.21. The molecule has 0 bridgehead atoms. The van der Waals surface area contributed by atoms with Crippen LogP contribution in [0.1, 0.15) is 45.7 Å². The number of hydrogen-bond donors (Lipinski definition) is 0. The predicted molar refractivity (Wildman–Crippen MR) is 149 cm³/mol. The van der Waals surface area contributed by atoms with Gasteiger partial charge in [0.2, 0.25) is 0 Å². The lowest BCUT2D eigenvalue weighted by Crippen LogP contribution is -2.12. The highest BCUT2D eigenvalue weighted by Crippen LogP contribution is 2.43. The van der Waals surface area contributed by atoms with Gasteiger partial charge in [-0.2, -0.15) is 0 Å². The van der Waals surface area contributed by atoms with Crippen molar-refractivity contribution in [3.63, 3.8) is 0 Å². The van der Waals surface area contributed by atoms with Gasteiger partial charge in [0.05, 0.1) is 15.9 Å². The van der Waals surface area contributed by atoms with E-state index in [1.165, 1.54) is 40.9 Å². The summed E-state index contributed by atoms with van der Waals surface area (Å²) >= 11 is 5.34. The quantitative estimate of drug-likeness (QED) is 0.230. The molecule has 0 N–H and O–H groups in total. The molecular weight excluding hydrogens is 461 g/mol. The number of aromatic nitrogens is 2. The third kappa shape index (κ3) is 4.11. The zero-order valence-corrected chi connectivity index (χ0v) is 22.2. The first-order valence-electron chi connectivity index (χ1n) is 11.3. The number of thiophene rings is 2. The van der Waals surface area contributed by atoms with E-state index in [1.807, 2.05) is 28.1 Å². The van der Waals surface area contributed by atoms with Crippen molar-refractivity contribution in [3.05, 3.63) is 65.2 Å². The Hall–Kier alpha value is -2.21. The van der Waals surface area contributed by atoms with Crippen LogP contribution in [0.4, 0.5) is 0 Å². The Balaban J connectivity index is 1.72. The molecule has 0 aliphatic rings. The fourth-order valence-corrected chi connectivity index (χ4v) is 7.49. The second kappa shape index (κ2) is 8.53. The Bertz CT molecular complexity index is 1500. The Morgan fingerprint density at radius 2 is 1.88 bits per heavy atom. The summed E-state index contributed by atoms with van der Waals surface area (Å²) in [5.74, 6) is 0.644. The van der Waals surface area contributed by atoms with Crippen molar-refractivity contribution >= 4 is 64.8 Å². The number of rotatable bonds is 5. The minimum absolute atomic E-state index is 0.0326. The van der Waals surface area contributed by atoms with Gasteiger partial charge in [0.25, 0.3) is 0 Å². The molecule has 0 atom stereocenters. The number of fused-ring (bicyclic) bond motifs is 4. The molecule has 0 spiro atoms. The van der Waals surface area contributed by atoms with Crippen molar-refractivity contribution in [2.75, 3.05) is 0 Å². The molecule has 0 saturated carbocycles. The van der Waals surface area contributed by atoms with E-state index in [-0.39, 0.29) is 5.41 Å². The molecule has 5 aromatic rings. The average molecular weight is 489 g/mol. The van der Waals surface area contributed by atoms with E-state index in [0.717, 1.165) is 23.2 Å². The molecule has 0 unspecified atom stereocenters. The van der Waals surface area contributed by atoms with Crippen molar-refractivity contribution in [1.29, 1.82) is 0 Å². The second-order valence-electron chi connectivity index (χ2n) is 9.95.